The third-order valence-electron chi connectivity index (χ3n) is 1.57. The molecular weight excluding hydrogens is 377 g/mol. The van der Waals surface area contributed by atoms with Crippen LogP contribution in [0.5, 0.6) is 0 Å². The van der Waals surface area contributed by atoms with Gasteiger partial charge in [-0.25, -0.2) is 17.2 Å². The van der Waals surface area contributed by atoms with E-state index in [0.29, 0.717) is 0 Å². The molecule has 0 atom stereocenters. The molecule has 16 heavy (non-hydrogen) atoms. The molecule has 0 bridgehead atoms. The van der Waals surface area contributed by atoms with Crippen LogP contribution in [0.4, 0.5) is 8.78 Å². The molecule has 0 aliphatic rings. The molecule has 0 saturated heterocycles. The zero-order valence-electron chi connectivity index (χ0n) is 7.29. The van der Waals surface area contributed by atoms with Crippen LogP contribution in [0.15, 0.2) is 11.1 Å². The second-order valence-corrected chi connectivity index (χ2v) is 6.13. The van der Waals surface area contributed by atoms with E-state index in [0.717, 1.165) is 6.20 Å². The molecule has 0 aliphatic heterocycles. The highest BCUT2D eigenvalue weighted by Crippen LogP contribution is 2.31. The molecule has 1 rings (SSSR count). The van der Waals surface area contributed by atoms with Gasteiger partial charge in [0.2, 0.25) is 0 Å². The Hall–Kier alpha value is -0.530. The molecule has 0 saturated carbocycles. The maximum Gasteiger partial charge on any atom is 0.281 e. The first-order valence-corrected chi connectivity index (χ1v) is 6.99. The summed E-state index contributed by atoms with van der Waals surface area (Å²) in [5.41, 5.74) is -1.07. The number of halogens is 4. The van der Waals surface area contributed by atoms with E-state index < -0.39 is 26.1 Å². The van der Waals surface area contributed by atoms with Crippen molar-refractivity contribution >= 4 is 42.3 Å². The SMILES string of the molecule is N#Cc1cnc(C(F)F)c(I)c1S(=O)(=O)Cl. The van der Waals surface area contributed by atoms with Gasteiger partial charge in [0, 0.05) is 16.9 Å². The van der Waals surface area contributed by atoms with Gasteiger partial charge < -0.3 is 0 Å². The molecule has 86 valence electrons. The molecule has 1 heterocycles. The summed E-state index contributed by atoms with van der Waals surface area (Å²) >= 11 is 1.37. The summed E-state index contributed by atoms with van der Waals surface area (Å²) in [6.45, 7) is 0. The van der Waals surface area contributed by atoms with E-state index in [4.69, 9.17) is 15.9 Å². The minimum Gasteiger partial charge on any atom is -0.253 e. The van der Waals surface area contributed by atoms with Crippen LogP contribution in [-0.4, -0.2) is 13.4 Å². The number of hydrogen-bond donors (Lipinski definition) is 0. The maximum absolute atomic E-state index is 12.4. The van der Waals surface area contributed by atoms with Gasteiger partial charge in [0.15, 0.2) is 0 Å². The molecule has 0 amide bonds. The number of rotatable bonds is 2. The molecule has 4 nitrogen and oxygen atoms in total. The quantitative estimate of drug-likeness (QED) is 0.585. The zero-order chi connectivity index (χ0) is 12.5. The number of nitrogens with zero attached hydrogens (tertiary/aromatic N) is 2. The lowest BCUT2D eigenvalue weighted by Crippen LogP contribution is -2.05. The monoisotopic (exact) mass is 378 g/mol. The molecule has 0 aliphatic carbocycles. The van der Waals surface area contributed by atoms with E-state index >= 15 is 0 Å². The Morgan fingerprint density at radius 2 is 2.12 bits per heavy atom. The summed E-state index contributed by atoms with van der Waals surface area (Å²) in [6, 6.07) is 1.53. The largest absolute Gasteiger partial charge is 0.281 e. The molecule has 0 fully saturated rings. The highest BCUT2D eigenvalue weighted by molar-refractivity contribution is 14.1. The van der Waals surface area contributed by atoms with E-state index in [1.54, 1.807) is 0 Å². The summed E-state index contributed by atoms with van der Waals surface area (Å²) in [5.74, 6) is 0. The van der Waals surface area contributed by atoms with E-state index in [1.807, 2.05) is 0 Å². The van der Waals surface area contributed by atoms with E-state index in [2.05, 4.69) is 4.98 Å². The Morgan fingerprint density at radius 1 is 1.56 bits per heavy atom. The Labute approximate surface area is 108 Å². The number of hydrogen-bond acceptors (Lipinski definition) is 4. The van der Waals surface area contributed by atoms with Crippen LogP contribution in [0.1, 0.15) is 17.7 Å². The molecule has 0 unspecified atom stereocenters. The first kappa shape index (κ1) is 13.5. The van der Waals surface area contributed by atoms with Crippen molar-refractivity contribution in [2.75, 3.05) is 0 Å². The number of aromatic nitrogens is 1. The summed E-state index contributed by atoms with van der Waals surface area (Å²) in [7, 11) is 0.805. The topological polar surface area (TPSA) is 70.8 Å². The fraction of sp³-hybridized carbons (Fsp3) is 0.143. The maximum atomic E-state index is 12.4. The van der Waals surface area contributed by atoms with Crippen molar-refractivity contribution in [1.29, 1.82) is 5.26 Å². The lowest BCUT2D eigenvalue weighted by atomic mass is 10.2. The van der Waals surface area contributed by atoms with Crippen molar-refractivity contribution in [3.05, 3.63) is 21.0 Å². The minimum atomic E-state index is -4.26. The molecule has 0 spiro atoms. The van der Waals surface area contributed by atoms with Gasteiger partial charge in [-0.3, -0.25) is 4.98 Å². The lowest BCUT2D eigenvalue weighted by molar-refractivity contribution is 0.144. The van der Waals surface area contributed by atoms with Gasteiger partial charge in [-0.05, 0) is 22.6 Å². The molecule has 1 aromatic heterocycles. The number of alkyl halides is 2. The van der Waals surface area contributed by atoms with Crippen LogP contribution in [0.2, 0.25) is 0 Å². The van der Waals surface area contributed by atoms with E-state index in [-0.39, 0.29) is 9.13 Å². The molecule has 0 N–H and O–H groups in total. The normalized spacial score (nSPS) is 11.5. The van der Waals surface area contributed by atoms with Crippen molar-refractivity contribution in [2.24, 2.45) is 0 Å². The molecule has 0 aromatic carbocycles. The molecule has 9 heteroatoms. The van der Waals surface area contributed by atoms with Gasteiger partial charge in [0.05, 0.1) is 9.13 Å². The van der Waals surface area contributed by atoms with Crippen molar-refractivity contribution in [2.45, 2.75) is 11.3 Å². The Kier molecular flexibility index (Phi) is 4.03. The minimum absolute atomic E-state index is 0.332. The third-order valence-corrected chi connectivity index (χ3v) is 4.41. The number of nitriles is 1. The predicted octanol–water partition coefficient (Wildman–Crippen LogP) is 2.42. The molecule has 1 aromatic rings. The van der Waals surface area contributed by atoms with E-state index in [1.165, 1.54) is 28.7 Å². The Bertz CT molecular complexity index is 570. The van der Waals surface area contributed by atoms with Crippen LogP contribution in [0.25, 0.3) is 0 Å². The lowest BCUT2D eigenvalue weighted by Gasteiger charge is -2.07. The highest BCUT2D eigenvalue weighted by atomic mass is 127. The fourth-order valence-electron chi connectivity index (χ4n) is 0.954. The average molecular weight is 379 g/mol. The molecule has 0 radical (unpaired) electrons. The van der Waals surface area contributed by atoms with Crippen molar-refractivity contribution < 1.29 is 17.2 Å². The van der Waals surface area contributed by atoms with Gasteiger partial charge in [-0.15, -0.1) is 0 Å². The second-order valence-electron chi connectivity index (χ2n) is 2.55. The molecular formula is C7H2ClF2IN2O2S. The first-order chi connectivity index (χ1) is 7.29. The van der Waals surface area contributed by atoms with Crippen molar-refractivity contribution in [3.63, 3.8) is 0 Å². The van der Waals surface area contributed by atoms with Crippen LogP contribution >= 0.6 is 33.3 Å². The van der Waals surface area contributed by atoms with Gasteiger partial charge in [0.1, 0.15) is 16.7 Å². The van der Waals surface area contributed by atoms with Crippen LogP contribution < -0.4 is 0 Å². The first-order valence-electron chi connectivity index (χ1n) is 3.60. The summed E-state index contributed by atoms with van der Waals surface area (Å²) < 4.78 is 46.8. The highest BCUT2D eigenvalue weighted by Gasteiger charge is 2.26. The third kappa shape index (κ3) is 2.58. The van der Waals surface area contributed by atoms with Gasteiger partial charge >= 0.3 is 0 Å². The van der Waals surface area contributed by atoms with Gasteiger partial charge in [0.25, 0.3) is 15.5 Å². The van der Waals surface area contributed by atoms with Crippen LogP contribution in [-0.2, 0) is 9.05 Å². The summed E-state index contributed by atoms with van der Waals surface area (Å²) in [4.78, 5) is 2.70. The smallest absolute Gasteiger partial charge is 0.253 e. The predicted molar refractivity (Wildman–Crippen MR) is 59.7 cm³/mol. The van der Waals surface area contributed by atoms with Crippen molar-refractivity contribution in [1.82, 2.24) is 4.98 Å². The van der Waals surface area contributed by atoms with Gasteiger partial charge in [-0.2, -0.15) is 5.26 Å². The zero-order valence-corrected chi connectivity index (χ0v) is 11.0. The number of pyridine rings is 1. The Morgan fingerprint density at radius 3 is 2.50 bits per heavy atom. The Balaban J connectivity index is 3.69. The van der Waals surface area contributed by atoms with Crippen molar-refractivity contribution in [3.8, 4) is 6.07 Å². The fourth-order valence-corrected chi connectivity index (χ4v) is 4.04. The van der Waals surface area contributed by atoms with Gasteiger partial charge in [-0.1, -0.05) is 0 Å². The van der Waals surface area contributed by atoms with Crippen LogP contribution in [0.3, 0.4) is 0 Å². The van der Waals surface area contributed by atoms with Crippen LogP contribution in [0, 0.1) is 14.9 Å². The standard InChI is InChI=1S/C7H2ClF2IN2O2S/c8-16(14,15)6-3(1-12)2-13-5(4(6)11)7(9)10/h2,7H. The second kappa shape index (κ2) is 4.77. The summed E-state index contributed by atoms with van der Waals surface area (Å²) in [6.07, 6.45) is -2.17. The summed E-state index contributed by atoms with van der Waals surface area (Å²) in [5, 5.41) is 8.63. The van der Waals surface area contributed by atoms with E-state index in [9.17, 15) is 17.2 Å². The average Bonchev–Trinajstić information content (AvgIpc) is 2.14.